The number of benzene rings is 2. The quantitative estimate of drug-likeness (QED) is 0.715. The van der Waals surface area contributed by atoms with Crippen LogP contribution in [0, 0.1) is 0 Å². The number of rotatable bonds is 5. The number of ether oxygens (including phenoxy) is 1. The zero-order valence-corrected chi connectivity index (χ0v) is 16.8. The largest absolute Gasteiger partial charge is 0.465 e. The van der Waals surface area contributed by atoms with E-state index in [9.17, 15) is 18.0 Å². The van der Waals surface area contributed by atoms with Crippen molar-refractivity contribution in [2.24, 2.45) is 0 Å². The molecule has 0 bridgehead atoms. The molecule has 2 aromatic rings. The molecule has 0 fully saturated rings. The standard InChI is InChI=1S/C20H22N2O5S/c1-21(13-14-4-6-15(7-5-14)20(24)27-2)19(23)17-8-9-18-16(12-17)10-11-22(18)28(3,25)26/h4-9,12H,10-11,13H2,1-3H3. The summed E-state index contributed by atoms with van der Waals surface area (Å²) in [5, 5.41) is 0. The third-order valence-electron chi connectivity index (χ3n) is 4.72. The lowest BCUT2D eigenvalue weighted by Gasteiger charge is -2.19. The molecule has 3 rings (SSSR count). The van der Waals surface area contributed by atoms with Crippen LogP contribution in [0.15, 0.2) is 42.5 Å². The number of esters is 1. The molecule has 0 N–H and O–H groups in total. The fourth-order valence-electron chi connectivity index (χ4n) is 3.28. The second-order valence-corrected chi connectivity index (χ2v) is 8.69. The Bertz CT molecular complexity index is 1020. The van der Waals surface area contributed by atoms with Gasteiger partial charge in [-0.15, -0.1) is 0 Å². The monoisotopic (exact) mass is 402 g/mol. The number of amides is 1. The third-order valence-corrected chi connectivity index (χ3v) is 5.90. The highest BCUT2D eigenvalue weighted by molar-refractivity contribution is 7.92. The van der Waals surface area contributed by atoms with Gasteiger partial charge in [0.25, 0.3) is 5.91 Å². The molecule has 28 heavy (non-hydrogen) atoms. The Labute approximate surface area is 164 Å². The maximum atomic E-state index is 12.8. The molecular weight excluding hydrogens is 380 g/mol. The maximum Gasteiger partial charge on any atom is 0.337 e. The van der Waals surface area contributed by atoms with Crippen LogP contribution >= 0.6 is 0 Å². The molecule has 0 aliphatic carbocycles. The molecule has 0 spiro atoms. The van der Waals surface area contributed by atoms with Crippen molar-refractivity contribution >= 4 is 27.6 Å². The molecule has 0 aromatic heterocycles. The summed E-state index contributed by atoms with van der Waals surface area (Å²) in [6.07, 6.45) is 1.77. The van der Waals surface area contributed by atoms with Gasteiger partial charge in [-0.1, -0.05) is 12.1 Å². The summed E-state index contributed by atoms with van der Waals surface area (Å²) < 4.78 is 29.7. The van der Waals surface area contributed by atoms with E-state index in [-0.39, 0.29) is 5.91 Å². The van der Waals surface area contributed by atoms with Crippen LogP contribution in [0.5, 0.6) is 0 Å². The van der Waals surface area contributed by atoms with E-state index in [0.717, 1.165) is 11.1 Å². The van der Waals surface area contributed by atoms with Crippen molar-refractivity contribution in [1.29, 1.82) is 0 Å². The molecule has 2 aromatic carbocycles. The molecule has 0 saturated heterocycles. The predicted octanol–water partition coefficient (Wildman–Crippen LogP) is 2.07. The summed E-state index contributed by atoms with van der Waals surface area (Å²) in [5.74, 6) is -0.560. The Morgan fingerprint density at radius 2 is 1.75 bits per heavy atom. The van der Waals surface area contributed by atoms with Crippen LogP contribution in [-0.2, 0) is 27.7 Å². The first-order valence-electron chi connectivity index (χ1n) is 8.74. The molecule has 1 amide bonds. The Kier molecular flexibility index (Phi) is 5.42. The number of hydrogen-bond donors (Lipinski definition) is 0. The van der Waals surface area contributed by atoms with Gasteiger partial charge in [0, 0.05) is 25.7 Å². The number of fused-ring (bicyclic) bond motifs is 1. The molecule has 0 unspecified atom stereocenters. The molecule has 7 nitrogen and oxygen atoms in total. The molecule has 1 aliphatic heterocycles. The zero-order valence-electron chi connectivity index (χ0n) is 16.0. The normalized spacial score (nSPS) is 13.2. The van der Waals surface area contributed by atoms with Crippen LogP contribution in [-0.4, -0.2) is 52.2 Å². The highest BCUT2D eigenvalue weighted by Gasteiger charge is 2.27. The van der Waals surface area contributed by atoms with E-state index in [0.29, 0.717) is 36.3 Å². The third kappa shape index (κ3) is 4.01. The minimum Gasteiger partial charge on any atom is -0.465 e. The van der Waals surface area contributed by atoms with Gasteiger partial charge in [0.2, 0.25) is 10.0 Å². The number of anilines is 1. The Balaban J connectivity index is 1.73. The van der Waals surface area contributed by atoms with Gasteiger partial charge in [-0.25, -0.2) is 13.2 Å². The number of nitrogens with zero attached hydrogens (tertiary/aromatic N) is 2. The van der Waals surface area contributed by atoms with Gasteiger partial charge >= 0.3 is 5.97 Å². The molecule has 0 radical (unpaired) electrons. The van der Waals surface area contributed by atoms with E-state index in [2.05, 4.69) is 4.74 Å². The summed E-state index contributed by atoms with van der Waals surface area (Å²) in [4.78, 5) is 25.8. The highest BCUT2D eigenvalue weighted by Crippen LogP contribution is 2.31. The SMILES string of the molecule is COC(=O)c1ccc(CN(C)C(=O)c2ccc3c(c2)CCN3S(C)(=O)=O)cc1. The van der Waals surface area contributed by atoms with Gasteiger partial charge < -0.3 is 9.64 Å². The van der Waals surface area contributed by atoms with E-state index < -0.39 is 16.0 Å². The van der Waals surface area contributed by atoms with Crippen molar-refractivity contribution in [1.82, 2.24) is 4.90 Å². The van der Waals surface area contributed by atoms with Crippen LogP contribution < -0.4 is 4.31 Å². The second kappa shape index (κ2) is 7.63. The predicted molar refractivity (Wildman–Crippen MR) is 106 cm³/mol. The highest BCUT2D eigenvalue weighted by atomic mass is 32.2. The Morgan fingerprint density at radius 1 is 1.11 bits per heavy atom. The average Bonchev–Trinajstić information content (AvgIpc) is 3.11. The summed E-state index contributed by atoms with van der Waals surface area (Å²) in [6, 6.07) is 12.0. The lowest BCUT2D eigenvalue weighted by atomic mass is 10.1. The van der Waals surface area contributed by atoms with Crippen molar-refractivity contribution < 1.29 is 22.7 Å². The summed E-state index contributed by atoms with van der Waals surface area (Å²) in [6.45, 7) is 0.779. The molecule has 1 aliphatic rings. The van der Waals surface area contributed by atoms with Gasteiger partial charge in [0.15, 0.2) is 0 Å². The van der Waals surface area contributed by atoms with Gasteiger partial charge in [-0.2, -0.15) is 0 Å². The first-order chi connectivity index (χ1) is 13.2. The summed E-state index contributed by atoms with van der Waals surface area (Å²) in [5.41, 5.74) is 3.34. The van der Waals surface area contributed by atoms with E-state index >= 15 is 0 Å². The molecular formula is C20H22N2O5S. The van der Waals surface area contributed by atoms with Crippen molar-refractivity contribution in [3.8, 4) is 0 Å². The Morgan fingerprint density at radius 3 is 2.36 bits per heavy atom. The van der Waals surface area contributed by atoms with Gasteiger partial charge in [-0.05, 0) is 47.9 Å². The van der Waals surface area contributed by atoms with Gasteiger partial charge in [0.1, 0.15) is 0 Å². The molecule has 0 atom stereocenters. The number of carbonyl (C=O) groups excluding carboxylic acids is 2. The lowest BCUT2D eigenvalue weighted by Crippen LogP contribution is -2.28. The van der Waals surface area contributed by atoms with Crippen molar-refractivity contribution in [2.75, 3.05) is 31.3 Å². The van der Waals surface area contributed by atoms with Crippen molar-refractivity contribution in [3.05, 3.63) is 64.7 Å². The van der Waals surface area contributed by atoms with E-state index in [1.807, 2.05) is 0 Å². The average molecular weight is 402 g/mol. The zero-order chi connectivity index (χ0) is 20.5. The molecule has 8 heteroatoms. The summed E-state index contributed by atoms with van der Waals surface area (Å²) >= 11 is 0. The maximum absolute atomic E-state index is 12.8. The molecule has 0 saturated carbocycles. The number of carbonyl (C=O) groups is 2. The van der Waals surface area contributed by atoms with Gasteiger partial charge in [0.05, 0.1) is 24.6 Å². The number of sulfonamides is 1. The minimum absolute atomic E-state index is 0.155. The van der Waals surface area contributed by atoms with Crippen LogP contribution in [0.2, 0.25) is 0 Å². The summed E-state index contributed by atoms with van der Waals surface area (Å²) in [7, 11) is -0.284. The van der Waals surface area contributed by atoms with Gasteiger partial charge in [-0.3, -0.25) is 9.10 Å². The minimum atomic E-state index is -3.31. The second-order valence-electron chi connectivity index (χ2n) is 6.78. The molecule has 148 valence electrons. The van der Waals surface area contributed by atoms with E-state index in [4.69, 9.17) is 0 Å². The smallest absolute Gasteiger partial charge is 0.337 e. The Hall–Kier alpha value is -2.87. The number of hydrogen-bond acceptors (Lipinski definition) is 5. The number of methoxy groups -OCH3 is 1. The van der Waals surface area contributed by atoms with Crippen LogP contribution in [0.1, 0.15) is 31.8 Å². The fraction of sp³-hybridized carbons (Fsp3) is 0.300. The fourth-order valence-corrected chi connectivity index (χ4v) is 4.24. The van der Waals surface area contributed by atoms with Crippen LogP contribution in [0.4, 0.5) is 5.69 Å². The van der Waals surface area contributed by atoms with Crippen LogP contribution in [0.3, 0.4) is 0 Å². The van der Waals surface area contributed by atoms with Crippen molar-refractivity contribution in [2.45, 2.75) is 13.0 Å². The van der Waals surface area contributed by atoms with Crippen molar-refractivity contribution in [3.63, 3.8) is 0 Å². The topological polar surface area (TPSA) is 84.0 Å². The van der Waals surface area contributed by atoms with Crippen LogP contribution in [0.25, 0.3) is 0 Å². The first kappa shape index (κ1) is 19.9. The van der Waals surface area contributed by atoms with E-state index in [1.165, 1.54) is 17.7 Å². The molecule has 1 heterocycles. The van der Waals surface area contributed by atoms with E-state index in [1.54, 1.807) is 54.4 Å². The lowest BCUT2D eigenvalue weighted by molar-refractivity contribution is 0.0600. The first-order valence-corrected chi connectivity index (χ1v) is 10.6.